The molecule has 0 saturated carbocycles. The number of carboxylic acid groups (broad SMARTS) is 1. The van der Waals surface area contributed by atoms with Crippen LogP contribution in [0.5, 0.6) is 5.75 Å². The van der Waals surface area contributed by atoms with Crippen LogP contribution in [0.1, 0.15) is 18.4 Å². The predicted molar refractivity (Wildman–Crippen MR) is 85.6 cm³/mol. The van der Waals surface area contributed by atoms with E-state index in [1.807, 2.05) is 4.90 Å². The van der Waals surface area contributed by atoms with E-state index in [9.17, 15) is 14.3 Å². The average molecular weight is 331 g/mol. The summed E-state index contributed by atoms with van der Waals surface area (Å²) in [5.41, 5.74) is -0.752. The minimum atomic E-state index is -1.33. The second kappa shape index (κ2) is 6.43. The molecular formula is C17H18FN3O3. The van der Waals surface area contributed by atoms with Gasteiger partial charge in [-0.1, -0.05) is 0 Å². The van der Waals surface area contributed by atoms with Crippen molar-refractivity contribution < 1.29 is 19.0 Å². The van der Waals surface area contributed by atoms with Gasteiger partial charge in [-0.2, -0.15) is 0 Å². The number of nitrogens with zero attached hydrogens (tertiary/aromatic N) is 3. The Morgan fingerprint density at radius 2 is 1.96 bits per heavy atom. The molecule has 0 unspecified atom stereocenters. The number of benzene rings is 1. The highest BCUT2D eigenvalue weighted by Gasteiger charge is 2.44. The molecule has 2 aromatic rings. The highest BCUT2D eigenvalue weighted by molar-refractivity contribution is 5.78. The summed E-state index contributed by atoms with van der Waals surface area (Å²) < 4.78 is 19.1. The number of anilines is 1. The van der Waals surface area contributed by atoms with E-state index in [2.05, 4.69) is 9.97 Å². The molecule has 126 valence electrons. The fourth-order valence-electron chi connectivity index (χ4n) is 2.82. The van der Waals surface area contributed by atoms with Crippen LogP contribution in [0.15, 0.2) is 36.7 Å². The second-order valence-electron chi connectivity index (χ2n) is 5.85. The number of carboxylic acids is 1. The van der Waals surface area contributed by atoms with Crippen LogP contribution >= 0.6 is 0 Å². The Hall–Kier alpha value is -2.70. The first-order chi connectivity index (χ1) is 11.5. The van der Waals surface area contributed by atoms with Crippen molar-refractivity contribution in [3.05, 3.63) is 48.0 Å². The topological polar surface area (TPSA) is 75.6 Å². The van der Waals surface area contributed by atoms with Gasteiger partial charge in [0.05, 0.1) is 0 Å². The van der Waals surface area contributed by atoms with Gasteiger partial charge in [-0.05, 0) is 36.8 Å². The molecule has 1 aromatic carbocycles. The molecule has 3 rings (SSSR count). The molecule has 0 bridgehead atoms. The largest absolute Gasteiger partial charge is 0.478 e. The van der Waals surface area contributed by atoms with Crippen molar-refractivity contribution >= 4 is 11.9 Å². The number of hydrogen-bond donors (Lipinski definition) is 1. The Labute approximate surface area is 138 Å². The Morgan fingerprint density at radius 3 is 2.54 bits per heavy atom. The first-order valence-electron chi connectivity index (χ1n) is 7.71. The van der Waals surface area contributed by atoms with Gasteiger partial charge in [0, 0.05) is 38.3 Å². The first-order valence-corrected chi connectivity index (χ1v) is 7.71. The zero-order chi connectivity index (χ0) is 17.2. The Balaban J connectivity index is 1.78. The third kappa shape index (κ3) is 3.15. The third-order valence-corrected chi connectivity index (χ3v) is 4.24. The van der Waals surface area contributed by atoms with Crippen LogP contribution in [0, 0.1) is 12.7 Å². The monoisotopic (exact) mass is 331 g/mol. The van der Waals surface area contributed by atoms with Crippen LogP contribution in [0.2, 0.25) is 0 Å². The molecule has 0 radical (unpaired) electrons. The summed E-state index contributed by atoms with van der Waals surface area (Å²) in [6.07, 6.45) is 3.88. The summed E-state index contributed by atoms with van der Waals surface area (Å²) in [5.74, 6) is -0.419. The van der Waals surface area contributed by atoms with E-state index >= 15 is 0 Å². The summed E-state index contributed by atoms with van der Waals surface area (Å²) in [4.78, 5) is 22.2. The quantitative estimate of drug-likeness (QED) is 0.927. The maximum absolute atomic E-state index is 13.2. The van der Waals surface area contributed by atoms with Gasteiger partial charge in [0.15, 0.2) is 0 Å². The normalized spacial score (nSPS) is 16.7. The van der Waals surface area contributed by atoms with E-state index in [1.165, 1.54) is 18.2 Å². The van der Waals surface area contributed by atoms with Crippen LogP contribution in [-0.4, -0.2) is 39.7 Å². The summed E-state index contributed by atoms with van der Waals surface area (Å²) in [7, 11) is 0. The van der Waals surface area contributed by atoms with Gasteiger partial charge in [-0.25, -0.2) is 19.2 Å². The highest BCUT2D eigenvalue weighted by atomic mass is 19.1. The zero-order valence-electron chi connectivity index (χ0n) is 13.3. The number of aryl methyl sites for hydroxylation is 1. The van der Waals surface area contributed by atoms with E-state index in [0.717, 1.165) is 0 Å². The number of hydrogen-bond acceptors (Lipinski definition) is 5. The summed E-state index contributed by atoms with van der Waals surface area (Å²) >= 11 is 0. The second-order valence-corrected chi connectivity index (χ2v) is 5.85. The highest BCUT2D eigenvalue weighted by Crippen LogP contribution is 2.32. The van der Waals surface area contributed by atoms with Crippen molar-refractivity contribution in [2.24, 2.45) is 0 Å². The van der Waals surface area contributed by atoms with Crippen molar-refractivity contribution in [3.8, 4) is 5.75 Å². The van der Waals surface area contributed by atoms with Crippen LogP contribution in [0.3, 0.4) is 0 Å². The fourth-order valence-corrected chi connectivity index (χ4v) is 2.82. The number of piperidine rings is 1. The first kappa shape index (κ1) is 16.2. The molecule has 24 heavy (non-hydrogen) atoms. The Kier molecular flexibility index (Phi) is 4.33. The molecule has 1 aromatic heterocycles. The molecule has 0 atom stereocenters. The lowest BCUT2D eigenvalue weighted by molar-refractivity contribution is -0.157. The van der Waals surface area contributed by atoms with E-state index in [4.69, 9.17) is 4.74 Å². The number of ether oxygens (including phenoxy) is 1. The predicted octanol–water partition coefficient (Wildman–Crippen LogP) is 2.43. The van der Waals surface area contributed by atoms with Crippen LogP contribution in [-0.2, 0) is 4.79 Å². The minimum Gasteiger partial charge on any atom is -0.478 e. The summed E-state index contributed by atoms with van der Waals surface area (Å²) in [6, 6.07) is 5.81. The molecule has 1 saturated heterocycles. The van der Waals surface area contributed by atoms with Crippen molar-refractivity contribution in [1.29, 1.82) is 0 Å². The number of aromatic nitrogens is 2. The minimum absolute atomic E-state index is 0.289. The van der Waals surface area contributed by atoms with Crippen molar-refractivity contribution in [2.45, 2.75) is 25.4 Å². The Morgan fingerprint density at radius 1 is 1.29 bits per heavy atom. The molecule has 1 fully saturated rings. The Bertz CT molecular complexity index is 731. The molecule has 7 heteroatoms. The summed E-state index contributed by atoms with van der Waals surface area (Å²) in [5, 5.41) is 9.70. The SMILES string of the molecule is Cc1cc(F)ccc1OC1(C(=O)O)CCN(c2ncccn2)CC1. The zero-order valence-corrected chi connectivity index (χ0v) is 13.3. The average Bonchev–Trinajstić information content (AvgIpc) is 2.59. The molecule has 1 aliphatic rings. The number of carbonyl (C=O) groups is 1. The maximum Gasteiger partial charge on any atom is 0.348 e. The molecular weight excluding hydrogens is 313 g/mol. The van der Waals surface area contributed by atoms with Crippen LogP contribution in [0.25, 0.3) is 0 Å². The van der Waals surface area contributed by atoms with Crippen molar-refractivity contribution in [1.82, 2.24) is 9.97 Å². The van der Waals surface area contributed by atoms with E-state index in [0.29, 0.717) is 30.4 Å². The molecule has 0 aliphatic carbocycles. The van der Waals surface area contributed by atoms with Gasteiger partial charge in [-0.15, -0.1) is 0 Å². The number of halogens is 1. The molecule has 0 spiro atoms. The van der Waals surface area contributed by atoms with Gasteiger partial charge < -0.3 is 14.7 Å². The van der Waals surface area contributed by atoms with Crippen molar-refractivity contribution in [2.75, 3.05) is 18.0 Å². The van der Waals surface area contributed by atoms with E-state index < -0.39 is 11.6 Å². The molecule has 6 nitrogen and oxygen atoms in total. The lowest BCUT2D eigenvalue weighted by Crippen LogP contribution is -2.53. The third-order valence-electron chi connectivity index (χ3n) is 4.24. The molecule has 2 heterocycles. The van der Waals surface area contributed by atoms with Gasteiger partial charge in [0.25, 0.3) is 0 Å². The van der Waals surface area contributed by atoms with Crippen molar-refractivity contribution in [3.63, 3.8) is 0 Å². The maximum atomic E-state index is 13.2. The molecule has 1 aliphatic heterocycles. The van der Waals surface area contributed by atoms with Gasteiger partial charge in [0.2, 0.25) is 11.5 Å². The number of aliphatic carboxylic acids is 1. The lowest BCUT2D eigenvalue weighted by Gasteiger charge is -2.39. The number of rotatable bonds is 4. The summed E-state index contributed by atoms with van der Waals surface area (Å²) in [6.45, 7) is 2.63. The van der Waals surface area contributed by atoms with Gasteiger partial charge >= 0.3 is 5.97 Å². The molecule has 0 amide bonds. The van der Waals surface area contributed by atoms with Crippen LogP contribution < -0.4 is 9.64 Å². The lowest BCUT2D eigenvalue weighted by atomic mass is 9.91. The van der Waals surface area contributed by atoms with Crippen LogP contribution in [0.4, 0.5) is 10.3 Å². The van der Waals surface area contributed by atoms with Gasteiger partial charge in [0.1, 0.15) is 11.6 Å². The fraction of sp³-hybridized carbons (Fsp3) is 0.353. The van der Waals surface area contributed by atoms with E-state index in [-0.39, 0.29) is 18.7 Å². The standard InChI is InChI=1S/C17H18FN3O3/c1-12-11-13(18)3-4-14(12)24-17(15(22)23)5-9-21(10-6-17)16-19-7-2-8-20-16/h2-4,7-8,11H,5-6,9-10H2,1H3,(H,22,23). The van der Waals surface area contributed by atoms with Gasteiger partial charge in [-0.3, -0.25) is 0 Å². The molecule has 1 N–H and O–H groups in total. The van der Waals surface area contributed by atoms with E-state index in [1.54, 1.807) is 25.4 Å². The smallest absolute Gasteiger partial charge is 0.348 e.